The van der Waals surface area contributed by atoms with Gasteiger partial charge >= 0.3 is 6.03 Å². The van der Waals surface area contributed by atoms with Crippen LogP contribution >= 0.6 is 23.4 Å². The molecule has 2 aromatic rings. The number of amides is 3. The number of hydrogen-bond donors (Lipinski definition) is 2. The highest BCUT2D eigenvalue weighted by Crippen LogP contribution is 2.20. The smallest absolute Gasteiger partial charge is 0.321 e. The molecule has 1 fully saturated rings. The van der Waals surface area contributed by atoms with Gasteiger partial charge in [-0.25, -0.2) is 9.78 Å². The molecule has 154 valence electrons. The van der Waals surface area contributed by atoms with E-state index in [1.165, 1.54) is 11.0 Å². The SMILES string of the molecule is C=CCn1c(SCC(=O)NC(=O)NC2CCCCC2)nc2ccc(Cl)cc2c1=O. The summed E-state index contributed by atoms with van der Waals surface area (Å²) in [5.41, 5.74) is 0.244. The fourth-order valence-corrected chi connectivity index (χ4v) is 4.31. The minimum absolute atomic E-state index is 0.0409. The van der Waals surface area contributed by atoms with E-state index in [9.17, 15) is 14.4 Å². The van der Waals surface area contributed by atoms with Crippen molar-refractivity contribution in [2.45, 2.75) is 49.8 Å². The summed E-state index contributed by atoms with van der Waals surface area (Å²) in [6.45, 7) is 3.92. The van der Waals surface area contributed by atoms with Gasteiger partial charge in [0, 0.05) is 17.6 Å². The lowest BCUT2D eigenvalue weighted by Gasteiger charge is -2.22. The number of carbonyl (C=O) groups excluding carboxylic acids is 2. The molecule has 1 heterocycles. The van der Waals surface area contributed by atoms with Crippen molar-refractivity contribution in [3.05, 3.63) is 46.2 Å². The third kappa shape index (κ3) is 5.61. The van der Waals surface area contributed by atoms with Gasteiger partial charge in [-0.15, -0.1) is 6.58 Å². The summed E-state index contributed by atoms with van der Waals surface area (Å²) in [7, 11) is 0. The molecule has 2 N–H and O–H groups in total. The first kappa shape index (κ1) is 21.4. The molecule has 3 amide bonds. The van der Waals surface area contributed by atoms with Crippen molar-refractivity contribution in [1.82, 2.24) is 20.2 Å². The molecule has 7 nitrogen and oxygen atoms in total. The number of rotatable bonds is 6. The maximum absolute atomic E-state index is 12.8. The average Bonchev–Trinajstić information content (AvgIpc) is 2.70. The first-order valence-electron chi connectivity index (χ1n) is 9.52. The minimum Gasteiger partial charge on any atom is -0.335 e. The number of urea groups is 1. The van der Waals surface area contributed by atoms with Gasteiger partial charge in [-0.3, -0.25) is 19.5 Å². The maximum atomic E-state index is 12.8. The van der Waals surface area contributed by atoms with E-state index < -0.39 is 11.9 Å². The number of allylic oxidation sites excluding steroid dienone is 1. The normalized spacial score (nSPS) is 14.5. The van der Waals surface area contributed by atoms with Crippen LogP contribution in [0.3, 0.4) is 0 Å². The molecule has 0 bridgehead atoms. The highest BCUT2D eigenvalue weighted by Gasteiger charge is 2.18. The molecule has 0 aliphatic heterocycles. The van der Waals surface area contributed by atoms with Crippen LogP contribution in [0, 0.1) is 0 Å². The molecule has 1 aliphatic carbocycles. The molecule has 29 heavy (non-hydrogen) atoms. The van der Waals surface area contributed by atoms with Crippen LogP contribution in [0.25, 0.3) is 10.9 Å². The van der Waals surface area contributed by atoms with Crippen molar-refractivity contribution in [3.63, 3.8) is 0 Å². The molecule has 0 unspecified atom stereocenters. The Balaban J connectivity index is 1.67. The van der Waals surface area contributed by atoms with Crippen molar-refractivity contribution in [3.8, 4) is 0 Å². The minimum atomic E-state index is -0.480. The van der Waals surface area contributed by atoms with Crippen LogP contribution in [-0.2, 0) is 11.3 Å². The number of hydrogen-bond acceptors (Lipinski definition) is 5. The van der Waals surface area contributed by atoms with Crippen LogP contribution in [0.4, 0.5) is 4.79 Å². The van der Waals surface area contributed by atoms with Crippen molar-refractivity contribution in [2.75, 3.05) is 5.75 Å². The fraction of sp³-hybridized carbons (Fsp3) is 0.400. The Labute approximate surface area is 177 Å². The zero-order chi connectivity index (χ0) is 20.8. The van der Waals surface area contributed by atoms with Gasteiger partial charge in [0.15, 0.2) is 5.16 Å². The van der Waals surface area contributed by atoms with Crippen LogP contribution in [0.5, 0.6) is 0 Å². The standard InChI is InChI=1S/C20H23ClN4O3S/c1-2-10-25-18(27)15-11-13(21)8-9-16(15)23-20(25)29-12-17(26)24-19(28)22-14-6-4-3-5-7-14/h2,8-9,11,14H,1,3-7,10,12H2,(H2,22,24,26,28). The molecular weight excluding hydrogens is 412 g/mol. The zero-order valence-electron chi connectivity index (χ0n) is 15.9. The van der Waals surface area contributed by atoms with Gasteiger partial charge in [-0.1, -0.05) is 48.7 Å². The summed E-state index contributed by atoms with van der Waals surface area (Å²) < 4.78 is 1.44. The molecule has 1 aliphatic rings. The Morgan fingerprint density at radius 2 is 2.07 bits per heavy atom. The molecule has 1 saturated carbocycles. The molecule has 1 aromatic heterocycles. The largest absolute Gasteiger partial charge is 0.335 e. The molecule has 0 atom stereocenters. The molecule has 1 aromatic carbocycles. The van der Waals surface area contributed by atoms with E-state index in [1.807, 2.05) is 0 Å². The van der Waals surface area contributed by atoms with Crippen molar-refractivity contribution in [2.24, 2.45) is 0 Å². The summed E-state index contributed by atoms with van der Waals surface area (Å²) in [4.78, 5) is 41.5. The molecule has 0 saturated heterocycles. The van der Waals surface area contributed by atoms with E-state index in [-0.39, 0.29) is 23.9 Å². The van der Waals surface area contributed by atoms with Gasteiger partial charge < -0.3 is 5.32 Å². The van der Waals surface area contributed by atoms with Crippen LogP contribution in [0.2, 0.25) is 5.02 Å². The molecule has 0 radical (unpaired) electrons. The van der Waals surface area contributed by atoms with Gasteiger partial charge in [-0.2, -0.15) is 0 Å². The summed E-state index contributed by atoms with van der Waals surface area (Å²) in [6.07, 6.45) is 6.83. The number of halogens is 1. The van der Waals surface area contributed by atoms with Gasteiger partial charge in [0.05, 0.1) is 16.7 Å². The highest BCUT2D eigenvalue weighted by molar-refractivity contribution is 7.99. The third-order valence-electron chi connectivity index (χ3n) is 4.72. The fourth-order valence-electron chi connectivity index (χ4n) is 3.33. The number of benzene rings is 1. The van der Waals surface area contributed by atoms with Crippen LogP contribution < -0.4 is 16.2 Å². The summed E-state index contributed by atoms with van der Waals surface area (Å²) in [5, 5.41) is 6.42. The number of nitrogens with one attached hydrogen (secondary N) is 2. The Kier molecular flexibility index (Phi) is 7.33. The first-order valence-corrected chi connectivity index (χ1v) is 10.9. The van der Waals surface area contributed by atoms with Crippen LogP contribution in [-0.4, -0.2) is 33.3 Å². The van der Waals surface area contributed by atoms with Crippen LogP contribution in [0.15, 0.2) is 40.8 Å². The summed E-state index contributed by atoms with van der Waals surface area (Å²) >= 11 is 7.08. The molecule has 0 spiro atoms. The zero-order valence-corrected chi connectivity index (χ0v) is 17.5. The highest BCUT2D eigenvalue weighted by atomic mass is 35.5. The lowest BCUT2D eigenvalue weighted by Crippen LogP contribution is -2.45. The predicted octanol–water partition coefficient (Wildman–Crippen LogP) is 3.49. The number of thioether (sulfide) groups is 1. The summed E-state index contributed by atoms with van der Waals surface area (Å²) in [5.74, 6) is -0.486. The lowest BCUT2D eigenvalue weighted by molar-refractivity contribution is -0.117. The van der Waals surface area contributed by atoms with E-state index in [2.05, 4.69) is 22.2 Å². The topological polar surface area (TPSA) is 93.1 Å². The van der Waals surface area contributed by atoms with Gasteiger partial charge in [0.1, 0.15) is 0 Å². The van der Waals surface area contributed by atoms with Gasteiger partial charge in [-0.05, 0) is 31.0 Å². The van der Waals surface area contributed by atoms with Crippen molar-refractivity contribution >= 4 is 46.2 Å². The average molecular weight is 435 g/mol. The monoisotopic (exact) mass is 434 g/mol. The first-order chi connectivity index (χ1) is 14.0. The second-order valence-electron chi connectivity index (χ2n) is 6.91. The second kappa shape index (κ2) is 9.93. The van der Waals surface area contributed by atoms with Gasteiger partial charge in [0.25, 0.3) is 5.56 Å². The molecular formula is C20H23ClN4O3S. The van der Waals surface area contributed by atoms with Crippen molar-refractivity contribution < 1.29 is 9.59 Å². The van der Waals surface area contributed by atoms with E-state index in [4.69, 9.17) is 11.6 Å². The number of imide groups is 1. The third-order valence-corrected chi connectivity index (χ3v) is 5.93. The quantitative estimate of drug-likeness (QED) is 0.412. The summed E-state index contributed by atoms with van der Waals surface area (Å²) in [6, 6.07) is 4.54. The molecule has 9 heteroatoms. The molecule has 3 rings (SSSR count). The van der Waals surface area contributed by atoms with Crippen LogP contribution in [0.1, 0.15) is 32.1 Å². The second-order valence-corrected chi connectivity index (χ2v) is 8.28. The number of nitrogens with zero attached hydrogens (tertiary/aromatic N) is 2. The number of carbonyl (C=O) groups is 2. The Bertz CT molecular complexity index is 986. The van der Waals surface area contributed by atoms with E-state index in [1.54, 1.807) is 24.3 Å². The Hall–Kier alpha value is -2.32. The van der Waals surface area contributed by atoms with E-state index >= 15 is 0 Å². The van der Waals surface area contributed by atoms with Gasteiger partial charge in [0.2, 0.25) is 5.91 Å². The Morgan fingerprint density at radius 1 is 1.31 bits per heavy atom. The number of fused-ring (bicyclic) bond motifs is 1. The van der Waals surface area contributed by atoms with E-state index in [0.717, 1.165) is 37.4 Å². The van der Waals surface area contributed by atoms with E-state index in [0.29, 0.717) is 21.1 Å². The van der Waals surface area contributed by atoms with Crippen molar-refractivity contribution in [1.29, 1.82) is 0 Å². The predicted molar refractivity (Wildman–Crippen MR) is 115 cm³/mol. The Morgan fingerprint density at radius 3 is 2.79 bits per heavy atom. The maximum Gasteiger partial charge on any atom is 0.321 e. The number of aromatic nitrogens is 2. The lowest BCUT2D eigenvalue weighted by atomic mass is 9.96.